The molecule has 0 spiro atoms. The smallest absolute Gasteiger partial charge is 0.325 e. The van der Waals surface area contributed by atoms with Crippen molar-refractivity contribution in [2.24, 2.45) is 0 Å². The van der Waals surface area contributed by atoms with Gasteiger partial charge in [-0.3, -0.25) is 14.6 Å². The van der Waals surface area contributed by atoms with Crippen LogP contribution in [0.4, 0.5) is 4.39 Å². The summed E-state index contributed by atoms with van der Waals surface area (Å²) in [5, 5.41) is 0. The van der Waals surface area contributed by atoms with Crippen LogP contribution < -0.4 is 11.2 Å². The Morgan fingerprint density at radius 3 is 2.77 bits per heavy atom. The van der Waals surface area contributed by atoms with Crippen molar-refractivity contribution < 1.29 is 9.18 Å². The van der Waals surface area contributed by atoms with E-state index in [9.17, 15) is 18.8 Å². The molecule has 1 aromatic carbocycles. The lowest BCUT2D eigenvalue weighted by molar-refractivity contribution is -0.133. The van der Waals surface area contributed by atoms with E-state index in [1.807, 2.05) is 6.07 Å². The van der Waals surface area contributed by atoms with Crippen molar-refractivity contribution in [1.29, 1.82) is 0 Å². The summed E-state index contributed by atoms with van der Waals surface area (Å²) in [6.07, 6.45) is 3.51. The summed E-state index contributed by atoms with van der Waals surface area (Å²) in [7, 11) is 0. The first-order valence-electron chi connectivity index (χ1n) is 8.82. The van der Waals surface area contributed by atoms with Crippen molar-refractivity contribution >= 4 is 5.91 Å². The molecule has 1 aliphatic heterocycles. The number of halogens is 1. The van der Waals surface area contributed by atoms with Gasteiger partial charge in [0.25, 0.3) is 5.56 Å². The average molecular weight is 359 g/mol. The molecule has 2 heterocycles. The number of carbonyl (C=O) groups is 1. The van der Waals surface area contributed by atoms with Gasteiger partial charge in [0.15, 0.2) is 0 Å². The normalized spacial score (nSPS) is 17.8. The number of aromatic nitrogens is 2. The second-order valence-electron chi connectivity index (χ2n) is 6.70. The molecule has 6 nitrogen and oxygen atoms in total. The Morgan fingerprint density at radius 2 is 2.04 bits per heavy atom. The lowest BCUT2D eigenvalue weighted by atomic mass is 10.00. The standard InChI is InChI=1S/C19H22FN3O3/c1-12-15(18(25)22-19(26)21-12)11-17(24)23-9-4-2-3-8-16(23)13-6-5-7-14(20)10-13/h5-7,10,16H,2-4,8-9,11H2,1H3,(H2,21,22,25,26)/t16-/m0/s1. The number of amides is 1. The summed E-state index contributed by atoms with van der Waals surface area (Å²) in [6.45, 7) is 2.17. The molecule has 0 aliphatic carbocycles. The average Bonchev–Trinajstić information content (AvgIpc) is 2.84. The van der Waals surface area contributed by atoms with Crippen molar-refractivity contribution in [2.75, 3.05) is 6.54 Å². The van der Waals surface area contributed by atoms with Crippen LogP contribution in [0.2, 0.25) is 0 Å². The van der Waals surface area contributed by atoms with Crippen LogP contribution in [0, 0.1) is 12.7 Å². The van der Waals surface area contributed by atoms with Crippen LogP contribution in [-0.2, 0) is 11.2 Å². The highest BCUT2D eigenvalue weighted by molar-refractivity contribution is 5.79. The Labute approximate surface area is 150 Å². The van der Waals surface area contributed by atoms with Gasteiger partial charge in [-0.05, 0) is 37.5 Å². The van der Waals surface area contributed by atoms with E-state index in [0.717, 1.165) is 31.2 Å². The topological polar surface area (TPSA) is 86.0 Å². The van der Waals surface area contributed by atoms with Gasteiger partial charge in [-0.1, -0.05) is 25.0 Å². The molecule has 1 fully saturated rings. The van der Waals surface area contributed by atoms with E-state index >= 15 is 0 Å². The molecule has 26 heavy (non-hydrogen) atoms. The van der Waals surface area contributed by atoms with Crippen molar-refractivity contribution in [2.45, 2.75) is 45.1 Å². The van der Waals surface area contributed by atoms with Gasteiger partial charge in [-0.2, -0.15) is 0 Å². The third-order valence-electron chi connectivity index (χ3n) is 4.89. The Morgan fingerprint density at radius 1 is 1.23 bits per heavy atom. The number of nitrogens with one attached hydrogen (secondary N) is 2. The van der Waals surface area contributed by atoms with Crippen LogP contribution in [0.25, 0.3) is 0 Å². The fraction of sp³-hybridized carbons (Fsp3) is 0.421. The largest absolute Gasteiger partial charge is 0.335 e. The highest BCUT2D eigenvalue weighted by Gasteiger charge is 2.28. The highest BCUT2D eigenvalue weighted by atomic mass is 19.1. The van der Waals surface area contributed by atoms with Gasteiger partial charge < -0.3 is 9.88 Å². The molecule has 3 rings (SSSR count). The van der Waals surface area contributed by atoms with Crippen LogP contribution in [0.15, 0.2) is 33.9 Å². The molecule has 2 aromatic rings. The van der Waals surface area contributed by atoms with Crippen molar-refractivity contribution in [3.05, 3.63) is 67.7 Å². The number of nitrogens with zero attached hydrogens (tertiary/aromatic N) is 1. The quantitative estimate of drug-likeness (QED) is 0.881. The third kappa shape index (κ3) is 3.92. The van der Waals surface area contributed by atoms with E-state index in [2.05, 4.69) is 9.97 Å². The second-order valence-corrected chi connectivity index (χ2v) is 6.70. The molecule has 0 saturated carbocycles. The van der Waals surface area contributed by atoms with Gasteiger partial charge >= 0.3 is 5.69 Å². The predicted molar refractivity (Wildman–Crippen MR) is 95.4 cm³/mol. The molecular formula is C19H22FN3O3. The minimum Gasteiger partial charge on any atom is -0.335 e. The summed E-state index contributed by atoms with van der Waals surface area (Å²) in [4.78, 5) is 42.8. The Bertz CT molecular complexity index is 919. The lowest BCUT2D eigenvalue weighted by Gasteiger charge is -2.30. The Hall–Kier alpha value is -2.70. The fourth-order valence-corrected chi connectivity index (χ4v) is 3.56. The predicted octanol–water partition coefficient (Wildman–Crippen LogP) is 2.20. The van der Waals surface area contributed by atoms with Crippen LogP contribution in [0.5, 0.6) is 0 Å². The highest BCUT2D eigenvalue weighted by Crippen LogP contribution is 2.31. The SMILES string of the molecule is Cc1[nH]c(=O)[nH]c(=O)c1CC(=O)N1CCCCC[C@H]1c1cccc(F)c1. The van der Waals surface area contributed by atoms with Crippen LogP contribution in [0.3, 0.4) is 0 Å². The minimum absolute atomic E-state index is 0.0935. The number of rotatable bonds is 3. The van der Waals surface area contributed by atoms with Gasteiger partial charge in [0, 0.05) is 17.8 Å². The summed E-state index contributed by atoms with van der Waals surface area (Å²) >= 11 is 0. The first-order valence-corrected chi connectivity index (χ1v) is 8.82. The van der Waals surface area contributed by atoms with Gasteiger partial charge in [-0.25, -0.2) is 9.18 Å². The van der Waals surface area contributed by atoms with Crippen molar-refractivity contribution in [3.8, 4) is 0 Å². The second kappa shape index (κ2) is 7.68. The number of H-pyrrole nitrogens is 2. The number of likely N-dealkylation sites (tertiary alicyclic amines) is 1. The van der Waals surface area contributed by atoms with E-state index < -0.39 is 11.2 Å². The molecule has 2 N–H and O–H groups in total. The van der Waals surface area contributed by atoms with Gasteiger partial charge in [0.2, 0.25) is 5.91 Å². The Balaban J connectivity index is 1.90. The summed E-state index contributed by atoms with van der Waals surface area (Å²) in [6, 6.07) is 6.12. The number of aryl methyl sites for hydroxylation is 1. The van der Waals surface area contributed by atoms with Gasteiger partial charge in [-0.15, -0.1) is 0 Å². The molecule has 0 bridgehead atoms. The number of hydrogen-bond acceptors (Lipinski definition) is 3. The molecule has 1 aromatic heterocycles. The third-order valence-corrected chi connectivity index (χ3v) is 4.89. The van der Waals surface area contributed by atoms with Gasteiger partial charge in [0.1, 0.15) is 5.82 Å². The molecule has 7 heteroatoms. The van der Waals surface area contributed by atoms with E-state index in [-0.39, 0.29) is 29.8 Å². The van der Waals surface area contributed by atoms with Gasteiger partial charge in [0.05, 0.1) is 12.5 Å². The lowest BCUT2D eigenvalue weighted by Crippen LogP contribution is -2.38. The van der Waals surface area contributed by atoms with Crippen LogP contribution in [0.1, 0.15) is 48.5 Å². The maximum absolute atomic E-state index is 13.7. The zero-order chi connectivity index (χ0) is 18.7. The van der Waals surface area contributed by atoms with Crippen LogP contribution in [-0.4, -0.2) is 27.3 Å². The summed E-state index contributed by atoms with van der Waals surface area (Å²) in [5.41, 5.74) is 0.293. The maximum atomic E-state index is 13.7. The first-order chi connectivity index (χ1) is 12.5. The van der Waals surface area contributed by atoms with E-state index in [0.29, 0.717) is 12.2 Å². The molecule has 0 radical (unpaired) electrons. The molecule has 1 amide bonds. The molecule has 138 valence electrons. The Kier molecular flexibility index (Phi) is 5.35. The number of carbonyl (C=O) groups excluding carboxylic acids is 1. The number of hydrogen-bond donors (Lipinski definition) is 2. The molecule has 1 saturated heterocycles. The summed E-state index contributed by atoms with van der Waals surface area (Å²) in [5.74, 6) is -0.520. The fourth-order valence-electron chi connectivity index (χ4n) is 3.56. The van der Waals surface area contributed by atoms with E-state index in [1.165, 1.54) is 12.1 Å². The number of aromatic amines is 2. The van der Waals surface area contributed by atoms with Crippen molar-refractivity contribution in [3.63, 3.8) is 0 Å². The number of benzene rings is 1. The first kappa shape index (κ1) is 18.1. The zero-order valence-electron chi connectivity index (χ0n) is 14.7. The van der Waals surface area contributed by atoms with E-state index in [1.54, 1.807) is 17.9 Å². The minimum atomic E-state index is -0.587. The zero-order valence-corrected chi connectivity index (χ0v) is 14.7. The van der Waals surface area contributed by atoms with E-state index in [4.69, 9.17) is 0 Å². The molecule has 1 atom stereocenters. The maximum Gasteiger partial charge on any atom is 0.325 e. The molecule has 0 unspecified atom stereocenters. The molecule has 1 aliphatic rings. The molecular weight excluding hydrogens is 337 g/mol. The van der Waals surface area contributed by atoms with Crippen molar-refractivity contribution in [1.82, 2.24) is 14.9 Å². The summed E-state index contributed by atoms with van der Waals surface area (Å²) < 4.78 is 13.7. The monoisotopic (exact) mass is 359 g/mol. The van der Waals surface area contributed by atoms with Crippen LogP contribution >= 0.6 is 0 Å².